The zero-order valence-corrected chi connectivity index (χ0v) is 13.8. The highest BCUT2D eigenvalue weighted by atomic mass is 16.5. The van der Waals surface area contributed by atoms with E-state index in [-0.39, 0.29) is 0 Å². The largest absolute Gasteiger partial charge is 0.488 e. The van der Waals surface area contributed by atoms with E-state index in [1.165, 1.54) is 51.4 Å². The van der Waals surface area contributed by atoms with Crippen molar-refractivity contribution >= 4 is 11.4 Å². The summed E-state index contributed by atoms with van der Waals surface area (Å²) in [6.45, 7) is 2.40. The van der Waals surface area contributed by atoms with Crippen LogP contribution in [0.1, 0.15) is 58.3 Å². The lowest BCUT2D eigenvalue weighted by Crippen LogP contribution is -2.29. The lowest BCUT2D eigenvalue weighted by molar-refractivity contribution is 0.0942. The molecule has 122 valence electrons. The first kappa shape index (κ1) is 15.5. The first-order valence-corrected chi connectivity index (χ1v) is 8.93. The summed E-state index contributed by atoms with van der Waals surface area (Å²) in [6, 6.07) is 5.55. The smallest absolute Gasteiger partial charge is 0.142 e. The molecule has 2 fully saturated rings. The third kappa shape index (κ3) is 3.68. The molecule has 0 atom stereocenters. The van der Waals surface area contributed by atoms with Gasteiger partial charge >= 0.3 is 0 Å². The van der Waals surface area contributed by atoms with Gasteiger partial charge in [-0.15, -0.1) is 0 Å². The van der Waals surface area contributed by atoms with Crippen LogP contribution in [0.2, 0.25) is 0 Å². The second-order valence-corrected chi connectivity index (χ2v) is 7.47. The highest BCUT2D eigenvalue weighted by Gasteiger charge is 2.30. The van der Waals surface area contributed by atoms with E-state index in [0.717, 1.165) is 23.5 Å². The highest BCUT2D eigenvalue weighted by Crippen LogP contribution is 2.40. The Bertz CT molecular complexity index is 486. The Morgan fingerprint density at radius 1 is 0.864 bits per heavy atom. The quantitative estimate of drug-likeness (QED) is 0.801. The Balaban J connectivity index is 1.49. The Morgan fingerprint density at radius 2 is 1.45 bits per heavy atom. The van der Waals surface area contributed by atoms with E-state index < -0.39 is 0 Å². The number of nitrogens with two attached hydrogens (primary N) is 2. The zero-order chi connectivity index (χ0) is 15.5. The summed E-state index contributed by atoms with van der Waals surface area (Å²) in [5.74, 6) is 3.64. The zero-order valence-electron chi connectivity index (χ0n) is 13.8. The Labute approximate surface area is 134 Å². The summed E-state index contributed by atoms with van der Waals surface area (Å²) >= 11 is 0. The van der Waals surface area contributed by atoms with Gasteiger partial charge in [0.2, 0.25) is 0 Å². The molecule has 22 heavy (non-hydrogen) atoms. The lowest BCUT2D eigenvalue weighted by atomic mass is 9.71. The lowest BCUT2D eigenvalue weighted by Gasteiger charge is -2.37. The molecular weight excluding hydrogens is 272 g/mol. The summed E-state index contributed by atoms with van der Waals surface area (Å²) < 4.78 is 6.11. The van der Waals surface area contributed by atoms with Crippen molar-refractivity contribution in [3.63, 3.8) is 0 Å². The number of rotatable bonds is 3. The van der Waals surface area contributed by atoms with Gasteiger partial charge in [-0.1, -0.05) is 19.8 Å². The molecular formula is C19H30N2O. The minimum Gasteiger partial charge on any atom is -0.488 e. The minimum atomic E-state index is 0.324. The second-order valence-electron chi connectivity index (χ2n) is 7.47. The standard InChI is InChI=1S/C19H30N2O/c1-13-2-4-14(5-3-13)15-6-9-17(10-7-15)22-19-11-8-16(20)12-18(19)21/h8,11-15,17H,2-7,9-10,20-21H2,1H3. The number of ether oxygens (including phenoxy) is 1. The maximum Gasteiger partial charge on any atom is 0.142 e. The van der Waals surface area contributed by atoms with Gasteiger partial charge in [0, 0.05) is 5.69 Å². The van der Waals surface area contributed by atoms with Crippen molar-refractivity contribution in [1.82, 2.24) is 0 Å². The minimum absolute atomic E-state index is 0.324. The van der Waals surface area contributed by atoms with Crippen molar-refractivity contribution in [1.29, 1.82) is 0 Å². The van der Waals surface area contributed by atoms with Crippen molar-refractivity contribution in [2.24, 2.45) is 17.8 Å². The van der Waals surface area contributed by atoms with E-state index in [2.05, 4.69) is 6.92 Å². The maximum absolute atomic E-state index is 6.11. The summed E-state index contributed by atoms with van der Waals surface area (Å²) in [5.41, 5.74) is 13.1. The fourth-order valence-corrected chi connectivity index (χ4v) is 4.29. The molecule has 0 saturated heterocycles. The van der Waals surface area contributed by atoms with Gasteiger partial charge in [0.25, 0.3) is 0 Å². The van der Waals surface area contributed by atoms with Crippen LogP contribution in [-0.2, 0) is 0 Å². The highest BCUT2D eigenvalue weighted by molar-refractivity contribution is 5.60. The fourth-order valence-electron chi connectivity index (χ4n) is 4.29. The van der Waals surface area contributed by atoms with Crippen LogP contribution < -0.4 is 16.2 Å². The number of benzene rings is 1. The van der Waals surface area contributed by atoms with Gasteiger partial charge in [-0.25, -0.2) is 0 Å². The summed E-state index contributed by atoms with van der Waals surface area (Å²) in [4.78, 5) is 0. The first-order valence-electron chi connectivity index (χ1n) is 8.93. The van der Waals surface area contributed by atoms with E-state index in [1.54, 1.807) is 6.07 Å². The van der Waals surface area contributed by atoms with E-state index in [9.17, 15) is 0 Å². The third-order valence-electron chi connectivity index (χ3n) is 5.77. The molecule has 2 aliphatic rings. The average molecular weight is 302 g/mol. The first-order chi connectivity index (χ1) is 10.6. The van der Waals surface area contributed by atoms with E-state index in [1.807, 2.05) is 12.1 Å². The molecule has 0 spiro atoms. The van der Waals surface area contributed by atoms with Gasteiger partial charge in [-0.3, -0.25) is 0 Å². The molecule has 4 N–H and O–H groups in total. The van der Waals surface area contributed by atoms with Crippen LogP contribution in [0, 0.1) is 17.8 Å². The third-order valence-corrected chi connectivity index (χ3v) is 5.77. The molecule has 1 aromatic rings. The van der Waals surface area contributed by atoms with Crippen LogP contribution in [0.15, 0.2) is 18.2 Å². The SMILES string of the molecule is CC1CCC(C2CCC(Oc3ccc(N)cc3N)CC2)CC1. The molecule has 0 heterocycles. The Morgan fingerprint density at radius 3 is 2.05 bits per heavy atom. The van der Waals surface area contributed by atoms with E-state index in [0.29, 0.717) is 17.5 Å². The molecule has 2 saturated carbocycles. The monoisotopic (exact) mass is 302 g/mol. The predicted octanol–water partition coefficient (Wildman–Crippen LogP) is 4.61. The molecule has 0 amide bonds. The van der Waals surface area contributed by atoms with Crippen LogP contribution in [0.3, 0.4) is 0 Å². The van der Waals surface area contributed by atoms with Crippen molar-refractivity contribution < 1.29 is 4.74 Å². The van der Waals surface area contributed by atoms with Crippen molar-refractivity contribution in [2.75, 3.05) is 11.5 Å². The van der Waals surface area contributed by atoms with E-state index in [4.69, 9.17) is 16.2 Å². The molecule has 0 bridgehead atoms. The number of hydrogen-bond donors (Lipinski definition) is 2. The molecule has 2 aliphatic carbocycles. The number of nitrogen functional groups attached to an aromatic ring is 2. The van der Waals surface area contributed by atoms with Gasteiger partial charge in [0.1, 0.15) is 5.75 Å². The van der Waals surface area contributed by atoms with Crippen molar-refractivity contribution in [3.8, 4) is 5.75 Å². The van der Waals surface area contributed by atoms with Gasteiger partial charge in [-0.05, 0) is 74.5 Å². The Kier molecular flexibility index (Phi) is 4.80. The normalized spacial score (nSPS) is 32.6. The molecule has 0 unspecified atom stereocenters. The maximum atomic E-state index is 6.11. The number of anilines is 2. The molecule has 0 radical (unpaired) electrons. The summed E-state index contributed by atoms with van der Waals surface area (Å²) in [6.07, 6.45) is 11.1. The molecule has 1 aromatic carbocycles. The fraction of sp³-hybridized carbons (Fsp3) is 0.684. The number of hydrogen-bond acceptors (Lipinski definition) is 3. The van der Waals surface area contributed by atoms with Crippen molar-refractivity contribution in [2.45, 2.75) is 64.4 Å². The summed E-state index contributed by atoms with van der Waals surface area (Å²) in [5, 5.41) is 0. The molecule has 0 aliphatic heterocycles. The predicted molar refractivity (Wildman–Crippen MR) is 92.8 cm³/mol. The van der Waals surface area contributed by atoms with Gasteiger partial charge in [-0.2, -0.15) is 0 Å². The molecule has 3 heteroatoms. The molecule has 3 nitrogen and oxygen atoms in total. The average Bonchev–Trinajstić information content (AvgIpc) is 2.52. The Hall–Kier alpha value is -1.38. The van der Waals surface area contributed by atoms with Crippen molar-refractivity contribution in [3.05, 3.63) is 18.2 Å². The van der Waals surface area contributed by atoms with Gasteiger partial charge in [0.05, 0.1) is 11.8 Å². The second kappa shape index (κ2) is 6.80. The van der Waals surface area contributed by atoms with Crippen LogP contribution in [0.25, 0.3) is 0 Å². The topological polar surface area (TPSA) is 61.3 Å². The van der Waals surface area contributed by atoms with Crippen LogP contribution in [0.4, 0.5) is 11.4 Å². The van der Waals surface area contributed by atoms with E-state index >= 15 is 0 Å². The molecule has 0 aromatic heterocycles. The van der Waals surface area contributed by atoms with Crippen LogP contribution in [-0.4, -0.2) is 6.10 Å². The van der Waals surface area contributed by atoms with Gasteiger partial charge in [0.15, 0.2) is 0 Å². The summed E-state index contributed by atoms with van der Waals surface area (Å²) in [7, 11) is 0. The van der Waals surface area contributed by atoms with Crippen LogP contribution in [0.5, 0.6) is 5.75 Å². The van der Waals surface area contributed by atoms with Gasteiger partial charge < -0.3 is 16.2 Å². The molecule has 3 rings (SSSR count). The van der Waals surface area contributed by atoms with Crippen LogP contribution >= 0.6 is 0 Å².